The Labute approximate surface area is 128 Å². The molecular weight excluding hydrogens is 292 g/mol. The fraction of sp³-hybridized carbons (Fsp3) is 0.357. The molecule has 0 spiro atoms. The van der Waals surface area contributed by atoms with Gasteiger partial charge in [0.2, 0.25) is 0 Å². The minimum Gasteiger partial charge on any atom is -1.00 e. The minimum absolute atomic E-state index is 0. The Morgan fingerprint density at radius 2 is 2.10 bits per heavy atom. The largest absolute Gasteiger partial charge is 1.00 e. The molecule has 1 aliphatic heterocycles. The van der Waals surface area contributed by atoms with E-state index in [0.717, 1.165) is 43.8 Å². The Kier molecular flexibility index (Phi) is 4.93. The predicted molar refractivity (Wildman–Crippen MR) is 76.9 cm³/mol. The summed E-state index contributed by atoms with van der Waals surface area (Å²) in [4.78, 5) is 17.4. The molecule has 112 valence electrons. The molecule has 1 aromatic heterocycles. The van der Waals surface area contributed by atoms with Crippen LogP contribution in [0.25, 0.3) is 10.9 Å². The highest BCUT2D eigenvalue weighted by atomic mass is 35.5. The molecule has 1 aliphatic rings. The summed E-state index contributed by atoms with van der Waals surface area (Å²) in [7, 11) is 0. The number of halogens is 1. The van der Waals surface area contributed by atoms with Crippen LogP contribution in [0.15, 0.2) is 30.5 Å². The van der Waals surface area contributed by atoms with Crippen LogP contribution in [0.1, 0.15) is 6.42 Å². The third-order valence-electron chi connectivity index (χ3n) is 3.70. The molecule has 2 heterocycles. The van der Waals surface area contributed by atoms with Crippen molar-refractivity contribution in [2.75, 3.05) is 31.1 Å². The second-order valence-corrected chi connectivity index (χ2v) is 4.97. The van der Waals surface area contributed by atoms with Gasteiger partial charge < -0.3 is 22.6 Å². The van der Waals surface area contributed by atoms with Crippen LogP contribution >= 0.6 is 0 Å². The van der Waals surface area contributed by atoms with Crippen LogP contribution in [0.3, 0.4) is 0 Å². The topological polar surface area (TPSA) is 75.9 Å². The van der Waals surface area contributed by atoms with Crippen molar-refractivity contribution >= 4 is 22.3 Å². The summed E-state index contributed by atoms with van der Waals surface area (Å²) in [5.74, 6) is 0. The number of nitro groups is 1. The van der Waals surface area contributed by atoms with E-state index in [1.807, 2.05) is 6.07 Å². The van der Waals surface area contributed by atoms with Gasteiger partial charge in [0.05, 0.1) is 35.6 Å². The molecule has 3 rings (SSSR count). The first-order chi connectivity index (χ1) is 9.77. The molecule has 0 bridgehead atoms. The Hall–Kier alpha value is -1.92. The van der Waals surface area contributed by atoms with E-state index >= 15 is 0 Å². The van der Waals surface area contributed by atoms with Crippen LogP contribution in [0.2, 0.25) is 0 Å². The smallest absolute Gasteiger partial charge is 0.278 e. The van der Waals surface area contributed by atoms with Gasteiger partial charge in [-0.25, -0.2) is 0 Å². The number of rotatable bonds is 2. The molecule has 0 amide bonds. The molecule has 7 heteroatoms. The standard InChI is InChI=1S/C14H16N4O2.ClH/c19-18(20)12-4-5-13(14-11(12)3-1-7-16-14)17-9-2-6-15-8-10-17;/h1,3-5,7,15H,2,6,8-10H2;1H. The maximum atomic E-state index is 11.1. The number of aromatic nitrogens is 1. The molecule has 0 aliphatic carbocycles. The van der Waals surface area contributed by atoms with E-state index in [4.69, 9.17) is 0 Å². The molecule has 0 atom stereocenters. The third kappa shape index (κ3) is 3.06. The molecule has 1 fully saturated rings. The molecule has 21 heavy (non-hydrogen) atoms. The number of hydrogen-bond acceptors (Lipinski definition) is 4. The maximum Gasteiger partial charge on any atom is 0.278 e. The highest BCUT2D eigenvalue weighted by molar-refractivity contribution is 5.97. The van der Waals surface area contributed by atoms with Crippen molar-refractivity contribution in [3.63, 3.8) is 0 Å². The molecule has 6 nitrogen and oxygen atoms in total. The quantitative estimate of drug-likeness (QED) is 0.510. The van der Waals surface area contributed by atoms with Crippen LogP contribution in [0, 0.1) is 10.1 Å². The lowest BCUT2D eigenvalue weighted by Gasteiger charge is -2.22. The molecule has 2 N–H and O–H groups in total. The summed E-state index contributed by atoms with van der Waals surface area (Å²) >= 11 is 0. The van der Waals surface area contributed by atoms with Crippen molar-refractivity contribution in [2.24, 2.45) is 0 Å². The van der Waals surface area contributed by atoms with Crippen LogP contribution < -0.4 is 22.6 Å². The van der Waals surface area contributed by atoms with Crippen molar-refractivity contribution in [1.29, 1.82) is 0 Å². The number of anilines is 1. The van der Waals surface area contributed by atoms with E-state index in [-0.39, 0.29) is 23.0 Å². The Morgan fingerprint density at radius 1 is 1.24 bits per heavy atom. The lowest BCUT2D eigenvalue weighted by molar-refractivity contribution is -0.650. The van der Waals surface area contributed by atoms with Crippen LogP contribution in [0.5, 0.6) is 0 Å². The van der Waals surface area contributed by atoms with E-state index < -0.39 is 0 Å². The van der Waals surface area contributed by atoms with Crippen LogP contribution in [-0.2, 0) is 0 Å². The maximum absolute atomic E-state index is 11.1. The number of pyridine rings is 1. The van der Waals surface area contributed by atoms with Gasteiger partial charge in [0, 0.05) is 25.2 Å². The first kappa shape index (κ1) is 15.5. The van der Waals surface area contributed by atoms with Gasteiger partial charge in [0.15, 0.2) is 0 Å². The molecule has 1 saturated heterocycles. The lowest BCUT2D eigenvalue weighted by Crippen LogP contribution is -3.00. The van der Waals surface area contributed by atoms with Gasteiger partial charge in [0.25, 0.3) is 5.69 Å². The minimum atomic E-state index is -0.343. The lowest BCUT2D eigenvalue weighted by atomic mass is 10.1. The number of benzene rings is 1. The molecular formula is C14H17ClN4O2. The van der Waals surface area contributed by atoms with Crippen molar-refractivity contribution in [3.8, 4) is 0 Å². The normalized spacial score (nSPS) is 15.3. The Bertz CT molecular complexity index is 642. The average molecular weight is 309 g/mol. The zero-order valence-corrected chi connectivity index (χ0v) is 12.3. The third-order valence-corrected chi connectivity index (χ3v) is 3.70. The van der Waals surface area contributed by atoms with Crippen molar-refractivity contribution in [1.82, 2.24) is 4.98 Å². The Balaban J connectivity index is 0.00000161. The highest BCUT2D eigenvalue weighted by Gasteiger charge is 2.19. The number of fused-ring (bicyclic) bond motifs is 1. The van der Waals surface area contributed by atoms with Crippen molar-refractivity contribution in [2.45, 2.75) is 6.42 Å². The van der Waals surface area contributed by atoms with Crippen molar-refractivity contribution < 1.29 is 22.6 Å². The van der Waals surface area contributed by atoms with Crippen LogP contribution in [0.4, 0.5) is 11.4 Å². The summed E-state index contributed by atoms with van der Waals surface area (Å²) in [5, 5.41) is 14.0. The first-order valence-electron chi connectivity index (χ1n) is 6.86. The molecule has 0 saturated carbocycles. The second kappa shape index (κ2) is 6.69. The van der Waals surface area contributed by atoms with Gasteiger partial charge >= 0.3 is 0 Å². The van der Waals surface area contributed by atoms with Crippen LogP contribution in [-0.4, -0.2) is 36.1 Å². The number of non-ortho nitro benzene ring substituents is 1. The fourth-order valence-corrected chi connectivity index (χ4v) is 2.73. The summed E-state index contributed by atoms with van der Waals surface area (Å²) in [5.41, 5.74) is 1.85. The molecule has 0 unspecified atom stereocenters. The second-order valence-electron chi connectivity index (χ2n) is 4.97. The number of quaternary nitrogens is 1. The predicted octanol–water partition coefficient (Wildman–Crippen LogP) is -2.08. The number of nitrogens with two attached hydrogens (primary N) is 1. The van der Waals surface area contributed by atoms with Gasteiger partial charge in [-0.3, -0.25) is 15.1 Å². The van der Waals surface area contributed by atoms with Gasteiger partial charge in [0.1, 0.15) is 5.52 Å². The Morgan fingerprint density at radius 3 is 2.90 bits per heavy atom. The highest BCUT2D eigenvalue weighted by Crippen LogP contribution is 2.31. The number of hydrogen-bond donors (Lipinski definition) is 1. The van der Waals surface area contributed by atoms with E-state index in [0.29, 0.717) is 5.39 Å². The molecule has 0 radical (unpaired) electrons. The van der Waals surface area contributed by atoms with Gasteiger partial charge in [-0.15, -0.1) is 0 Å². The van der Waals surface area contributed by atoms with Gasteiger partial charge in [-0.1, -0.05) is 0 Å². The monoisotopic (exact) mass is 308 g/mol. The summed E-state index contributed by atoms with van der Waals surface area (Å²) in [6.45, 7) is 4.10. The summed E-state index contributed by atoms with van der Waals surface area (Å²) in [6.07, 6.45) is 2.81. The van der Waals surface area contributed by atoms with E-state index in [2.05, 4.69) is 15.2 Å². The average Bonchev–Trinajstić information content (AvgIpc) is 2.75. The van der Waals surface area contributed by atoms with Gasteiger partial charge in [-0.05, 0) is 18.2 Å². The number of nitro benzene ring substituents is 1. The SMILES string of the molecule is O=[N+]([O-])c1ccc(N2CCC[NH2+]CC2)c2ncccc12.[Cl-]. The summed E-state index contributed by atoms with van der Waals surface area (Å²) in [6, 6.07) is 6.94. The fourth-order valence-electron chi connectivity index (χ4n) is 2.73. The molecule has 2 aromatic rings. The van der Waals surface area contributed by atoms with E-state index in [1.54, 1.807) is 24.4 Å². The van der Waals surface area contributed by atoms with E-state index in [1.165, 1.54) is 0 Å². The number of nitrogens with zero attached hydrogens (tertiary/aromatic N) is 3. The zero-order valence-electron chi connectivity index (χ0n) is 11.5. The first-order valence-corrected chi connectivity index (χ1v) is 6.86. The van der Waals surface area contributed by atoms with Crippen molar-refractivity contribution in [3.05, 3.63) is 40.6 Å². The summed E-state index contributed by atoms with van der Waals surface area (Å²) < 4.78 is 0. The van der Waals surface area contributed by atoms with Gasteiger partial charge in [-0.2, -0.15) is 0 Å². The van der Waals surface area contributed by atoms with E-state index in [9.17, 15) is 10.1 Å². The molecule has 1 aromatic carbocycles. The zero-order chi connectivity index (χ0) is 13.9.